The molecule has 0 bridgehead atoms. The van der Waals surface area contributed by atoms with Gasteiger partial charge in [0.25, 0.3) is 0 Å². The maximum atomic E-state index is 6.23. The second-order valence-electron chi connectivity index (χ2n) is 8.81. The molecule has 0 radical (unpaired) electrons. The lowest BCUT2D eigenvalue weighted by Gasteiger charge is -2.22. The van der Waals surface area contributed by atoms with Gasteiger partial charge in [0.05, 0.1) is 18.0 Å². The topological polar surface area (TPSA) is 72.1 Å². The summed E-state index contributed by atoms with van der Waals surface area (Å²) in [5.41, 5.74) is 7.80. The van der Waals surface area contributed by atoms with Crippen molar-refractivity contribution in [3.8, 4) is 22.7 Å². The van der Waals surface area contributed by atoms with Crippen molar-refractivity contribution in [1.82, 2.24) is 19.8 Å². The van der Waals surface area contributed by atoms with Crippen LogP contribution in [0.2, 0.25) is 0 Å². The summed E-state index contributed by atoms with van der Waals surface area (Å²) in [6.45, 7) is 8.60. The molecule has 0 fully saturated rings. The molecule has 2 aromatic heterocycles. The van der Waals surface area contributed by atoms with Crippen LogP contribution >= 0.6 is 0 Å². The number of benzene rings is 2. The summed E-state index contributed by atoms with van der Waals surface area (Å²) in [4.78, 5) is 3.28. The van der Waals surface area contributed by atoms with Gasteiger partial charge in [-0.05, 0) is 42.7 Å². The first kappa shape index (κ1) is 19.8. The Morgan fingerprint density at radius 2 is 2.06 bits per heavy atom. The van der Waals surface area contributed by atoms with E-state index in [-0.39, 0.29) is 0 Å². The summed E-state index contributed by atoms with van der Waals surface area (Å²) in [5, 5.41) is 8.15. The molecule has 3 heterocycles. The molecular weight excluding hydrogens is 386 g/mol. The van der Waals surface area contributed by atoms with Crippen molar-refractivity contribution in [2.24, 2.45) is 11.8 Å². The monoisotopic (exact) mass is 415 g/mol. The van der Waals surface area contributed by atoms with E-state index in [0.29, 0.717) is 19.1 Å². The quantitative estimate of drug-likeness (QED) is 0.468. The van der Waals surface area contributed by atoms with Gasteiger partial charge in [0, 0.05) is 47.7 Å². The lowest BCUT2D eigenvalue weighted by Crippen LogP contribution is -2.36. The zero-order valence-electron chi connectivity index (χ0n) is 18.4. The summed E-state index contributed by atoms with van der Waals surface area (Å²) in [6.07, 6.45) is 2.81. The fourth-order valence-electron chi connectivity index (χ4n) is 4.33. The van der Waals surface area contributed by atoms with Gasteiger partial charge in [-0.2, -0.15) is 5.10 Å². The third-order valence-electron chi connectivity index (χ3n) is 5.88. The van der Waals surface area contributed by atoms with Gasteiger partial charge >= 0.3 is 0 Å². The number of hydrogen-bond acceptors (Lipinski definition) is 4. The van der Waals surface area contributed by atoms with Crippen LogP contribution in [0.25, 0.3) is 27.8 Å². The Morgan fingerprint density at radius 1 is 1.19 bits per heavy atom. The van der Waals surface area contributed by atoms with Gasteiger partial charge < -0.3 is 9.72 Å². The van der Waals surface area contributed by atoms with E-state index in [2.05, 4.69) is 60.8 Å². The minimum Gasteiger partial charge on any atom is -0.491 e. The fourth-order valence-corrected chi connectivity index (χ4v) is 4.33. The van der Waals surface area contributed by atoms with Crippen molar-refractivity contribution >= 4 is 10.9 Å². The third kappa shape index (κ3) is 3.62. The first-order valence-electron chi connectivity index (χ1n) is 10.9. The smallest absolute Gasteiger partial charge is 0.145 e. The number of rotatable bonds is 5. The molecule has 160 valence electrons. The van der Waals surface area contributed by atoms with Gasteiger partial charge in [0.1, 0.15) is 11.4 Å². The molecule has 0 amide bonds. The first-order chi connectivity index (χ1) is 15.0. The SMILES string of the molecule is Cc1cccc(OCC(C)C)c1-n1nc2c(c1-c1ccc3[nH]ccc3c1)CN(N)CC2. The number of aromatic nitrogens is 3. The van der Waals surface area contributed by atoms with Crippen LogP contribution in [0.3, 0.4) is 0 Å². The molecule has 31 heavy (non-hydrogen) atoms. The molecule has 6 heteroatoms. The zero-order chi connectivity index (χ0) is 21.5. The van der Waals surface area contributed by atoms with Crippen LogP contribution in [0.5, 0.6) is 5.75 Å². The lowest BCUT2D eigenvalue weighted by molar-refractivity contribution is 0.262. The number of ether oxygens (including phenoxy) is 1. The van der Waals surface area contributed by atoms with Gasteiger partial charge in [0.2, 0.25) is 0 Å². The largest absolute Gasteiger partial charge is 0.491 e. The highest BCUT2D eigenvalue weighted by molar-refractivity contribution is 5.85. The number of nitrogens with one attached hydrogen (secondary N) is 1. The molecule has 0 spiro atoms. The van der Waals surface area contributed by atoms with Gasteiger partial charge in [-0.25, -0.2) is 9.69 Å². The number of hydrazine groups is 1. The van der Waals surface area contributed by atoms with Crippen LogP contribution in [0.1, 0.15) is 30.7 Å². The highest BCUT2D eigenvalue weighted by Gasteiger charge is 2.27. The van der Waals surface area contributed by atoms with Crippen LogP contribution in [0.4, 0.5) is 0 Å². The molecule has 1 aliphatic rings. The molecule has 0 atom stereocenters. The number of aromatic amines is 1. The van der Waals surface area contributed by atoms with Crippen molar-refractivity contribution in [3.63, 3.8) is 0 Å². The van der Waals surface area contributed by atoms with E-state index in [9.17, 15) is 0 Å². The molecule has 0 unspecified atom stereocenters. The van der Waals surface area contributed by atoms with Crippen LogP contribution < -0.4 is 10.6 Å². The number of hydrogen-bond donors (Lipinski definition) is 2. The Balaban J connectivity index is 1.73. The molecular formula is C25H29N5O. The highest BCUT2D eigenvalue weighted by Crippen LogP contribution is 2.37. The predicted molar refractivity (Wildman–Crippen MR) is 124 cm³/mol. The van der Waals surface area contributed by atoms with E-state index in [1.165, 1.54) is 10.9 Å². The third-order valence-corrected chi connectivity index (χ3v) is 5.88. The van der Waals surface area contributed by atoms with Gasteiger partial charge in [-0.1, -0.05) is 32.0 Å². The van der Waals surface area contributed by atoms with Gasteiger partial charge in [-0.15, -0.1) is 0 Å². The molecule has 1 aliphatic heterocycles. The molecule has 4 aromatic rings. The van der Waals surface area contributed by atoms with E-state index in [4.69, 9.17) is 15.7 Å². The van der Waals surface area contributed by atoms with E-state index in [1.54, 1.807) is 0 Å². The molecule has 3 N–H and O–H groups in total. The Labute approximate surface area is 182 Å². The average Bonchev–Trinajstić information content (AvgIpc) is 3.35. The minimum atomic E-state index is 0.445. The predicted octanol–water partition coefficient (Wildman–Crippen LogP) is 4.60. The number of fused-ring (bicyclic) bond motifs is 2. The summed E-state index contributed by atoms with van der Waals surface area (Å²) in [7, 11) is 0. The summed E-state index contributed by atoms with van der Waals surface area (Å²) >= 11 is 0. The Hall–Kier alpha value is -3.09. The Kier molecular flexibility index (Phi) is 5.04. The van der Waals surface area contributed by atoms with Crippen LogP contribution in [0.15, 0.2) is 48.7 Å². The standard InChI is InChI=1S/C25H29N5O/c1-16(2)15-31-23-6-4-5-17(3)24(23)30-25(20-14-29(26)12-10-22(20)28-30)19-7-8-21-18(13-19)9-11-27-21/h4-9,11,13,16,27H,10,12,14-15,26H2,1-3H3. The van der Waals surface area contributed by atoms with E-state index in [1.807, 2.05) is 23.3 Å². The van der Waals surface area contributed by atoms with Crippen LogP contribution in [-0.2, 0) is 13.0 Å². The minimum absolute atomic E-state index is 0.445. The van der Waals surface area contributed by atoms with Gasteiger partial charge in [-0.3, -0.25) is 5.84 Å². The molecule has 6 nitrogen and oxygen atoms in total. The van der Waals surface area contributed by atoms with Crippen LogP contribution in [0, 0.1) is 12.8 Å². The second kappa shape index (κ2) is 7.87. The molecule has 0 saturated heterocycles. The highest BCUT2D eigenvalue weighted by atomic mass is 16.5. The lowest BCUT2D eigenvalue weighted by atomic mass is 10.0. The maximum Gasteiger partial charge on any atom is 0.145 e. The van der Waals surface area contributed by atoms with Gasteiger partial charge in [0.15, 0.2) is 0 Å². The Morgan fingerprint density at radius 3 is 2.90 bits per heavy atom. The van der Waals surface area contributed by atoms with Crippen molar-refractivity contribution in [1.29, 1.82) is 0 Å². The normalized spacial score (nSPS) is 14.4. The van der Waals surface area contributed by atoms with E-state index < -0.39 is 0 Å². The van der Waals surface area contributed by atoms with E-state index in [0.717, 1.165) is 52.4 Å². The maximum absolute atomic E-state index is 6.23. The van der Waals surface area contributed by atoms with Crippen molar-refractivity contribution in [2.75, 3.05) is 13.2 Å². The zero-order valence-corrected chi connectivity index (χ0v) is 18.4. The van der Waals surface area contributed by atoms with Crippen LogP contribution in [-0.4, -0.2) is 32.9 Å². The molecule has 0 saturated carbocycles. The number of H-pyrrole nitrogens is 1. The van der Waals surface area contributed by atoms with E-state index >= 15 is 0 Å². The van der Waals surface area contributed by atoms with Crippen molar-refractivity contribution in [2.45, 2.75) is 33.7 Å². The summed E-state index contributed by atoms with van der Waals surface area (Å²) in [5.74, 6) is 7.53. The first-order valence-corrected chi connectivity index (χ1v) is 10.9. The number of aryl methyl sites for hydroxylation is 1. The number of nitrogens with two attached hydrogens (primary N) is 1. The molecule has 0 aliphatic carbocycles. The molecule has 5 rings (SSSR count). The molecule has 2 aromatic carbocycles. The summed E-state index contributed by atoms with van der Waals surface area (Å²) < 4.78 is 8.32. The Bertz CT molecular complexity index is 1240. The van der Waals surface area contributed by atoms with Crippen molar-refractivity contribution in [3.05, 3.63) is 65.5 Å². The second-order valence-corrected chi connectivity index (χ2v) is 8.81. The fraction of sp³-hybridized carbons (Fsp3) is 0.320. The van der Waals surface area contributed by atoms with Crippen molar-refractivity contribution < 1.29 is 4.74 Å². The summed E-state index contributed by atoms with van der Waals surface area (Å²) in [6, 6.07) is 14.8. The number of nitrogens with zero attached hydrogens (tertiary/aromatic N) is 3. The average molecular weight is 416 g/mol. The number of para-hydroxylation sites is 1.